The van der Waals surface area contributed by atoms with E-state index in [0.29, 0.717) is 29.2 Å². The number of carboxylic acids is 1. The fourth-order valence-electron chi connectivity index (χ4n) is 1.80. The smallest absolute Gasteiger partial charge is 0.355 e. The van der Waals surface area contributed by atoms with Crippen molar-refractivity contribution in [1.29, 1.82) is 0 Å². The number of nitrogens with zero attached hydrogens (tertiary/aromatic N) is 1. The topological polar surface area (TPSA) is 105 Å². The molecule has 1 heterocycles. The molecule has 21 heavy (non-hydrogen) atoms. The summed E-state index contributed by atoms with van der Waals surface area (Å²) in [6, 6.07) is 5.19. The van der Waals surface area contributed by atoms with Gasteiger partial charge in [0.2, 0.25) is 0 Å². The van der Waals surface area contributed by atoms with E-state index in [0.717, 1.165) is 5.56 Å². The minimum Gasteiger partial charge on any atom is -0.476 e. The van der Waals surface area contributed by atoms with Gasteiger partial charge in [-0.3, -0.25) is 4.79 Å². The molecule has 1 aromatic carbocycles. The van der Waals surface area contributed by atoms with Gasteiger partial charge in [0, 0.05) is 29.6 Å². The molecule has 2 rings (SSSR count). The molecule has 0 saturated carbocycles. The molecular weight excluding hydrogens is 290 g/mol. The van der Waals surface area contributed by atoms with Crippen LogP contribution in [0.25, 0.3) is 0 Å². The molecule has 1 aromatic heterocycles. The largest absolute Gasteiger partial charge is 0.476 e. The Morgan fingerprint density at radius 3 is 2.86 bits per heavy atom. The van der Waals surface area contributed by atoms with Gasteiger partial charge in [0.05, 0.1) is 5.01 Å². The van der Waals surface area contributed by atoms with Crippen LogP contribution in [-0.4, -0.2) is 28.5 Å². The third-order valence-electron chi connectivity index (χ3n) is 3.02. The van der Waals surface area contributed by atoms with E-state index in [2.05, 4.69) is 10.3 Å². The van der Waals surface area contributed by atoms with Gasteiger partial charge in [-0.05, 0) is 24.6 Å². The van der Waals surface area contributed by atoms with Crippen LogP contribution in [0.1, 0.15) is 31.4 Å². The van der Waals surface area contributed by atoms with Crippen molar-refractivity contribution < 1.29 is 14.7 Å². The number of carbonyl (C=O) groups is 2. The summed E-state index contributed by atoms with van der Waals surface area (Å²) in [5.74, 6) is -1.24. The van der Waals surface area contributed by atoms with Crippen LogP contribution in [0.4, 0.5) is 5.69 Å². The molecule has 0 aliphatic rings. The molecule has 0 bridgehead atoms. The molecule has 0 fully saturated rings. The Bertz CT molecular complexity index is 682. The van der Waals surface area contributed by atoms with Gasteiger partial charge < -0.3 is 16.2 Å². The van der Waals surface area contributed by atoms with Crippen LogP contribution < -0.4 is 11.1 Å². The molecule has 1 amide bonds. The van der Waals surface area contributed by atoms with Crippen LogP contribution in [0, 0.1) is 6.92 Å². The molecule has 0 aliphatic heterocycles. The molecular formula is C14H15N3O3S. The van der Waals surface area contributed by atoms with E-state index in [-0.39, 0.29) is 11.6 Å². The van der Waals surface area contributed by atoms with Crippen molar-refractivity contribution in [3.8, 4) is 0 Å². The summed E-state index contributed by atoms with van der Waals surface area (Å²) >= 11 is 1.27. The highest BCUT2D eigenvalue weighted by atomic mass is 32.1. The van der Waals surface area contributed by atoms with E-state index in [1.165, 1.54) is 16.7 Å². The number of aromatic carboxylic acids is 1. The second kappa shape index (κ2) is 6.36. The third kappa shape index (κ3) is 3.57. The number of carboxylic acid groups (broad SMARTS) is 1. The van der Waals surface area contributed by atoms with Crippen molar-refractivity contribution in [2.75, 3.05) is 12.3 Å². The van der Waals surface area contributed by atoms with Crippen molar-refractivity contribution in [1.82, 2.24) is 10.3 Å². The van der Waals surface area contributed by atoms with E-state index in [4.69, 9.17) is 10.8 Å². The van der Waals surface area contributed by atoms with Gasteiger partial charge >= 0.3 is 5.97 Å². The molecule has 0 saturated heterocycles. The summed E-state index contributed by atoms with van der Waals surface area (Å²) in [7, 11) is 0. The predicted molar refractivity (Wildman–Crippen MR) is 80.7 cm³/mol. The highest BCUT2D eigenvalue weighted by Crippen LogP contribution is 2.15. The quantitative estimate of drug-likeness (QED) is 0.729. The zero-order valence-electron chi connectivity index (χ0n) is 11.4. The number of benzene rings is 1. The molecule has 0 atom stereocenters. The SMILES string of the molecule is Cc1c(N)cccc1C(=O)NCCc1nc(C(=O)O)cs1. The molecule has 2 aromatic rings. The van der Waals surface area contributed by atoms with Crippen LogP contribution in [0.5, 0.6) is 0 Å². The number of carbonyl (C=O) groups excluding carboxylic acids is 1. The summed E-state index contributed by atoms with van der Waals surface area (Å²) in [5, 5.41) is 13.7. The van der Waals surface area contributed by atoms with Gasteiger partial charge in [0.1, 0.15) is 0 Å². The first-order valence-corrected chi connectivity index (χ1v) is 7.18. The molecule has 110 valence electrons. The monoisotopic (exact) mass is 305 g/mol. The fraction of sp³-hybridized carbons (Fsp3) is 0.214. The number of aromatic nitrogens is 1. The molecule has 0 radical (unpaired) electrons. The van der Waals surface area contributed by atoms with Crippen molar-refractivity contribution in [3.05, 3.63) is 45.4 Å². The average molecular weight is 305 g/mol. The lowest BCUT2D eigenvalue weighted by molar-refractivity contribution is 0.0690. The minimum absolute atomic E-state index is 0.0352. The lowest BCUT2D eigenvalue weighted by atomic mass is 10.1. The Balaban J connectivity index is 1.92. The molecule has 0 unspecified atom stereocenters. The van der Waals surface area contributed by atoms with E-state index < -0.39 is 5.97 Å². The maximum Gasteiger partial charge on any atom is 0.355 e. The second-order valence-electron chi connectivity index (χ2n) is 4.46. The van der Waals surface area contributed by atoms with E-state index in [1.807, 2.05) is 0 Å². The highest BCUT2D eigenvalue weighted by Gasteiger charge is 2.11. The number of amides is 1. The Labute approximate surface area is 125 Å². The highest BCUT2D eigenvalue weighted by molar-refractivity contribution is 7.09. The summed E-state index contributed by atoms with van der Waals surface area (Å²) in [6.07, 6.45) is 0.491. The Hall–Kier alpha value is -2.41. The number of hydrogen-bond acceptors (Lipinski definition) is 5. The van der Waals surface area contributed by atoms with Crippen molar-refractivity contribution in [3.63, 3.8) is 0 Å². The molecule has 0 aliphatic carbocycles. The van der Waals surface area contributed by atoms with Crippen LogP contribution >= 0.6 is 11.3 Å². The second-order valence-corrected chi connectivity index (χ2v) is 5.40. The van der Waals surface area contributed by atoms with Gasteiger partial charge in [-0.25, -0.2) is 9.78 Å². The number of nitrogens with two attached hydrogens (primary N) is 1. The maximum absolute atomic E-state index is 12.0. The van der Waals surface area contributed by atoms with Crippen molar-refractivity contribution in [2.24, 2.45) is 0 Å². The first-order chi connectivity index (χ1) is 9.99. The first-order valence-electron chi connectivity index (χ1n) is 6.30. The number of thiazole rings is 1. The van der Waals surface area contributed by atoms with Gasteiger partial charge in [0.25, 0.3) is 5.91 Å². The summed E-state index contributed by atoms with van der Waals surface area (Å²) < 4.78 is 0. The first kappa shape index (κ1) is 15.0. The number of nitrogens with one attached hydrogen (secondary N) is 1. The average Bonchev–Trinajstić information content (AvgIpc) is 2.91. The van der Waals surface area contributed by atoms with Gasteiger partial charge in [-0.1, -0.05) is 6.07 Å². The number of anilines is 1. The van der Waals surface area contributed by atoms with Crippen molar-refractivity contribution >= 4 is 28.9 Å². The molecule has 0 spiro atoms. The van der Waals surface area contributed by atoms with E-state index in [1.54, 1.807) is 25.1 Å². The Kier molecular flexibility index (Phi) is 4.54. The van der Waals surface area contributed by atoms with E-state index in [9.17, 15) is 9.59 Å². The molecule has 6 nitrogen and oxygen atoms in total. The summed E-state index contributed by atoms with van der Waals surface area (Å²) in [6.45, 7) is 2.18. The number of hydrogen-bond donors (Lipinski definition) is 3. The Morgan fingerprint density at radius 1 is 1.43 bits per heavy atom. The van der Waals surface area contributed by atoms with Crippen LogP contribution in [0.3, 0.4) is 0 Å². The zero-order chi connectivity index (χ0) is 15.4. The van der Waals surface area contributed by atoms with E-state index >= 15 is 0 Å². The number of rotatable bonds is 5. The van der Waals surface area contributed by atoms with Crippen LogP contribution in [-0.2, 0) is 6.42 Å². The van der Waals surface area contributed by atoms with Crippen LogP contribution in [0.15, 0.2) is 23.6 Å². The molecule has 4 N–H and O–H groups in total. The third-order valence-corrected chi connectivity index (χ3v) is 3.92. The van der Waals surface area contributed by atoms with Gasteiger partial charge in [-0.2, -0.15) is 0 Å². The van der Waals surface area contributed by atoms with Gasteiger partial charge in [0.15, 0.2) is 5.69 Å². The lowest BCUT2D eigenvalue weighted by Crippen LogP contribution is -2.26. The molecule has 7 heteroatoms. The number of nitrogen functional groups attached to an aromatic ring is 1. The predicted octanol–water partition coefficient (Wildman–Crippen LogP) is 1.70. The standard InChI is InChI=1S/C14H15N3O3S/c1-8-9(3-2-4-10(8)15)13(18)16-6-5-12-17-11(7-21-12)14(19)20/h2-4,7H,5-6,15H2,1H3,(H,16,18)(H,19,20). The normalized spacial score (nSPS) is 10.3. The summed E-state index contributed by atoms with van der Waals surface area (Å²) in [4.78, 5) is 26.7. The maximum atomic E-state index is 12.0. The Morgan fingerprint density at radius 2 is 2.19 bits per heavy atom. The lowest BCUT2D eigenvalue weighted by Gasteiger charge is -2.08. The fourth-order valence-corrected chi connectivity index (χ4v) is 2.57. The zero-order valence-corrected chi connectivity index (χ0v) is 12.2. The minimum atomic E-state index is -1.04. The van der Waals surface area contributed by atoms with Crippen LogP contribution in [0.2, 0.25) is 0 Å². The van der Waals surface area contributed by atoms with Crippen molar-refractivity contribution in [2.45, 2.75) is 13.3 Å². The summed E-state index contributed by atoms with van der Waals surface area (Å²) in [5.41, 5.74) is 7.67. The van der Waals surface area contributed by atoms with Gasteiger partial charge in [-0.15, -0.1) is 11.3 Å².